The number of nitrogens with zero attached hydrogens (tertiary/aromatic N) is 4. The molecule has 4 bridgehead atoms. The Morgan fingerprint density at radius 1 is 1.04 bits per heavy atom. The van der Waals surface area contributed by atoms with Crippen LogP contribution in [-0.2, 0) is 21.6 Å². The van der Waals surface area contributed by atoms with Gasteiger partial charge in [-0.15, -0.1) is 5.10 Å². The molecule has 2 spiro atoms. The Morgan fingerprint density at radius 3 is 2.37 bits per heavy atom. The Kier molecular flexibility index (Phi) is 3.63. The molecule has 1 aromatic rings. The van der Waals surface area contributed by atoms with E-state index >= 15 is 0 Å². The molecule has 148 valence electrons. The average Bonchev–Trinajstić information content (AvgIpc) is 3.24. The van der Waals surface area contributed by atoms with Crippen LogP contribution >= 0.6 is 0 Å². The Labute approximate surface area is 159 Å². The third kappa shape index (κ3) is 2.63. The third-order valence-corrected chi connectivity index (χ3v) is 7.87. The van der Waals surface area contributed by atoms with Gasteiger partial charge in [0.15, 0.2) is 0 Å². The first-order valence-corrected chi connectivity index (χ1v) is 10.7. The molecule has 0 amide bonds. The van der Waals surface area contributed by atoms with E-state index in [0.29, 0.717) is 23.7 Å². The summed E-state index contributed by atoms with van der Waals surface area (Å²) in [5.41, 5.74) is 0. The van der Waals surface area contributed by atoms with Crippen LogP contribution in [0.25, 0.3) is 0 Å². The van der Waals surface area contributed by atoms with Gasteiger partial charge in [0.05, 0.1) is 7.05 Å². The summed E-state index contributed by atoms with van der Waals surface area (Å²) in [5, 5.41) is 15.3. The highest BCUT2D eigenvalue weighted by Crippen LogP contribution is 2.63. The van der Waals surface area contributed by atoms with Gasteiger partial charge in [-0.25, -0.2) is 0 Å². The molecule has 0 radical (unpaired) electrons. The van der Waals surface area contributed by atoms with Crippen LogP contribution in [0.15, 0.2) is 0 Å². The van der Waals surface area contributed by atoms with Gasteiger partial charge < -0.3 is 10.1 Å². The van der Waals surface area contributed by atoms with E-state index in [9.17, 15) is 0 Å². The van der Waals surface area contributed by atoms with E-state index in [1.807, 2.05) is 0 Å². The minimum Gasteiger partial charge on any atom is -0.351 e. The number of tetrazole rings is 1. The predicted octanol–water partition coefficient (Wildman–Crippen LogP) is 2.64. The van der Waals surface area contributed by atoms with Crippen molar-refractivity contribution >= 4 is 5.95 Å². The highest BCUT2D eigenvalue weighted by molar-refractivity contribution is 5.19. The number of hydrogen-bond acceptors (Lipinski definition) is 7. The maximum Gasteiger partial charge on any atom is 0.263 e. The second kappa shape index (κ2) is 5.87. The van der Waals surface area contributed by atoms with E-state index < -0.39 is 11.6 Å². The number of anilines is 1. The van der Waals surface area contributed by atoms with E-state index in [1.54, 1.807) is 7.05 Å². The zero-order valence-electron chi connectivity index (χ0n) is 16.0. The van der Waals surface area contributed by atoms with Crippen LogP contribution in [0.2, 0.25) is 0 Å². The molecule has 7 rings (SSSR count). The van der Waals surface area contributed by atoms with Gasteiger partial charge in [0, 0.05) is 31.2 Å². The Morgan fingerprint density at radius 2 is 1.74 bits per heavy atom. The molecule has 5 saturated carbocycles. The summed E-state index contributed by atoms with van der Waals surface area (Å²) in [6.07, 6.45) is 10.4. The number of aromatic nitrogens is 4. The van der Waals surface area contributed by atoms with Crippen molar-refractivity contribution in [2.24, 2.45) is 36.6 Å². The van der Waals surface area contributed by atoms with E-state index in [4.69, 9.17) is 14.5 Å². The molecule has 1 aliphatic heterocycles. The number of rotatable bonds is 3. The first-order valence-electron chi connectivity index (χ1n) is 10.7. The molecule has 0 aromatic carbocycles. The number of aryl methyl sites for hydroxylation is 1. The molecular weight excluding hydrogens is 346 g/mol. The quantitative estimate of drug-likeness (QED) is 0.813. The van der Waals surface area contributed by atoms with Crippen molar-refractivity contribution in [1.29, 1.82) is 0 Å². The van der Waals surface area contributed by atoms with Gasteiger partial charge in [0.1, 0.15) is 0 Å². The fraction of sp³-hybridized carbons (Fsp3) is 0.947. The largest absolute Gasteiger partial charge is 0.351 e. The first-order chi connectivity index (χ1) is 13.1. The van der Waals surface area contributed by atoms with Gasteiger partial charge >= 0.3 is 0 Å². The van der Waals surface area contributed by atoms with Crippen LogP contribution in [0.5, 0.6) is 0 Å². The van der Waals surface area contributed by atoms with E-state index in [-0.39, 0.29) is 0 Å². The highest BCUT2D eigenvalue weighted by atomic mass is 17.3. The number of nitrogens with one attached hydrogen (secondary N) is 1. The van der Waals surface area contributed by atoms with Crippen molar-refractivity contribution in [1.82, 2.24) is 20.2 Å². The topological polar surface area (TPSA) is 83.3 Å². The van der Waals surface area contributed by atoms with Crippen LogP contribution < -0.4 is 5.32 Å². The molecule has 1 N–H and O–H groups in total. The predicted molar refractivity (Wildman–Crippen MR) is 95.0 cm³/mol. The monoisotopic (exact) mass is 375 g/mol. The average molecular weight is 375 g/mol. The lowest BCUT2D eigenvalue weighted by atomic mass is 9.53. The van der Waals surface area contributed by atoms with E-state index in [0.717, 1.165) is 44.1 Å². The number of ether oxygens (including phenoxy) is 1. The summed E-state index contributed by atoms with van der Waals surface area (Å²) >= 11 is 0. The molecule has 1 aromatic heterocycles. The Bertz CT molecular complexity index is 686. The van der Waals surface area contributed by atoms with Crippen molar-refractivity contribution in [3.8, 4) is 0 Å². The van der Waals surface area contributed by atoms with Gasteiger partial charge in [-0.1, -0.05) is 5.10 Å². The smallest absolute Gasteiger partial charge is 0.263 e. The van der Waals surface area contributed by atoms with E-state index in [2.05, 4.69) is 20.7 Å². The maximum absolute atomic E-state index is 6.77. The summed E-state index contributed by atoms with van der Waals surface area (Å²) in [6.45, 7) is 0.863. The van der Waals surface area contributed by atoms with E-state index in [1.165, 1.54) is 36.9 Å². The van der Waals surface area contributed by atoms with Crippen molar-refractivity contribution in [3.05, 3.63) is 0 Å². The standard InChI is InChI=1S/C19H29N5O3/c1-24-22-17(21-23-24)20-11-12-2-4-18(5-3-12)25-19(27-26-18)15-7-13-6-14(9-15)10-16(19)8-13/h12-16H,2-11H2,1H3,(H,20,22). The fourth-order valence-electron chi connectivity index (χ4n) is 6.71. The molecule has 8 nitrogen and oxygen atoms in total. The van der Waals surface area contributed by atoms with Gasteiger partial charge in [-0.3, -0.25) is 0 Å². The third-order valence-electron chi connectivity index (χ3n) is 7.87. The summed E-state index contributed by atoms with van der Waals surface area (Å²) in [7, 11) is 1.78. The molecule has 5 aliphatic carbocycles. The van der Waals surface area contributed by atoms with Crippen molar-refractivity contribution in [2.75, 3.05) is 11.9 Å². The molecular formula is C19H29N5O3. The second-order valence-electron chi connectivity index (χ2n) is 9.63. The van der Waals surface area contributed by atoms with Gasteiger partial charge in [-0.2, -0.15) is 14.6 Å². The van der Waals surface area contributed by atoms with Crippen LogP contribution in [0.1, 0.15) is 57.8 Å². The lowest BCUT2D eigenvalue weighted by Gasteiger charge is -2.57. The summed E-state index contributed by atoms with van der Waals surface area (Å²) in [5.74, 6) is 3.09. The normalized spacial score (nSPS) is 48.0. The molecule has 27 heavy (non-hydrogen) atoms. The zero-order chi connectivity index (χ0) is 18.1. The second-order valence-corrected chi connectivity index (χ2v) is 9.63. The summed E-state index contributed by atoms with van der Waals surface area (Å²) in [6, 6.07) is 0. The molecule has 0 unspecified atom stereocenters. The Hall–Kier alpha value is -1.25. The summed E-state index contributed by atoms with van der Waals surface area (Å²) in [4.78, 5) is 13.6. The van der Waals surface area contributed by atoms with Crippen molar-refractivity contribution in [2.45, 2.75) is 69.4 Å². The molecule has 1 saturated heterocycles. The molecule has 2 heterocycles. The minimum atomic E-state index is -0.517. The van der Waals surface area contributed by atoms with Crippen LogP contribution in [-0.4, -0.2) is 38.3 Å². The molecule has 6 fully saturated rings. The maximum atomic E-state index is 6.77. The Balaban J connectivity index is 1.09. The molecule has 8 heteroatoms. The fourth-order valence-corrected chi connectivity index (χ4v) is 6.71. The SMILES string of the molecule is Cn1nnc(NCC2CCC3(CC2)OOC2(O3)C3CC4CC(C3)CC2C4)n1. The lowest BCUT2D eigenvalue weighted by Crippen LogP contribution is -2.59. The van der Waals surface area contributed by atoms with Crippen LogP contribution in [0.3, 0.4) is 0 Å². The summed E-state index contributed by atoms with van der Waals surface area (Å²) < 4.78 is 6.77. The van der Waals surface area contributed by atoms with Crippen molar-refractivity contribution in [3.63, 3.8) is 0 Å². The minimum absolute atomic E-state index is 0.442. The van der Waals surface area contributed by atoms with Gasteiger partial charge in [0.25, 0.3) is 5.95 Å². The zero-order valence-corrected chi connectivity index (χ0v) is 16.0. The lowest BCUT2D eigenvalue weighted by molar-refractivity contribution is -0.390. The van der Waals surface area contributed by atoms with Crippen LogP contribution in [0.4, 0.5) is 5.95 Å². The highest BCUT2D eigenvalue weighted by Gasteiger charge is 2.66. The molecule has 6 aliphatic rings. The van der Waals surface area contributed by atoms with Crippen LogP contribution in [0, 0.1) is 29.6 Å². The number of hydrogen-bond donors (Lipinski definition) is 1. The van der Waals surface area contributed by atoms with Gasteiger partial charge in [0.2, 0.25) is 11.6 Å². The van der Waals surface area contributed by atoms with Crippen molar-refractivity contribution < 1.29 is 14.5 Å². The van der Waals surface area contributed by atoms with Gasteiger partial charge in [-0.05, 0) is 67.9 Å². The first kappa shape index (κ1) is 16.7. The molecule has 0 atom stereocenters.